The maximum Gasteiger partial charge on any atom is 0.246 e. The Hall–Kier alpha value is -3.68. The second-order valence-corrected chi connectivity index (χ2v) is 9.85. The molecule has 0 bridgehead atoms. The molecule has 2 aromatic heterocycles. The number of fused-ring (bicyclic) bond motifs is 1. The fourth-order valence-electron chi connectivity index (χ4n) is 3.76. The molecule has 0 aliphatic carbocycles. The average molecular weight is 476 g/mol. The number of nitrogens with zero attached hydrogens (tertiary/aromatic N) is 4. The van der Waals surface area contributed by atoms with Crippen LogP contribution in [0, 0.1) is 6.92 Å². The van der Waals surface area contributed by atoms with Gasteiger partial charge in [0.1, 0.15) is 35.5 Å². The van der Waals surface area contributed by atoms with Crippen LogP contribution in [-0.2, 0) is 24.2 Å². The summed E-state index contributed by atoms with van der Waals surface area (Å²) in [5.74, 6) is 2.91. The third-order valence-electron chi connectivity index (χ3n) is 5.83. The standard InChI is InChI=1S/C27H33N5O3/c1-17-24-25(32(6)18(2)26(33)31-24)30-22(29-17)13-9-19-7-11-21(12-8-19)34-16-20-10-14-23(28-15-20)35-27(3,4)5/h7-8,10-12,14-15,18H,9,13,16H2,1-6H3,(H,31,33)/t18-/m0/s1. The molecule has 35 heavy (non-hydrogen) atoms. The molecule has 0 radical (unpaired) electrons. The van der Waals surface area contributed by atoms with Gasteiger partial charge in [0.05, 0.1) is 5.69 Å². The topological polar surface area (TPSA) is 89.5 Å². The number of likely N-dealkylation sites (N-methyl/N-ethyl adjacent to an activating group) is 1. The minimum Gasteiger partial charge on any atom is -0.489 e. The van der Waals surface area contributed by atoms with Crippen LogP contribution in [0.15, 0.2) is 42.6 Å². The molecule has 1 N–H and O–H groups in total. The number of benzene rings is 1. The number of aromatic nitrogens is 3. The van der Waals surface area contributed by atoms with Crippen molar-refractivity contribution in [3.05, 3.63) is 65.2 Å². The molecule has 8 nitrogen and oxygen atoms in total. The summed E-state index contributed by atoms with van der Waals surface area (Å²) in [7, 11) is 1.89. The minimum absolute atomic E-state index is 0.0374. The summed E-state index contributed by atoms with van der Waals surface area (Å²) in [6.45, 7) is 10.2. The monoisotopic (exact) mass is 475 g/mol. The Bertz CT molecular complexity index is 1190. The highest BCUT2D eigenvalue weighted by Gasteiger charge is 2.30. The van der Waals surface area contributed by atoms with Crippen LogP contribution in [0.25, 0.3) is 0 Å². The van der Waals surface area contributed by atoms with Crippen molar-refractivity contribution in [2.75, 3.05) is 17.3 Å². The van der Waals surface area contributed by atoms with Crippen molar-refractivity contribution in [3.8, 4) is 11.6 Å². The summed E-state index contributed by atoms with van der Waals surface area (Å²) in [5, 5.41) is 2.92. The predicted octanol–water partition coefficient (Wildman–Crippen LogP) is 4.50. The van der Waals surface area contributed by atoms with Crippen molar-refractivity contribution in [2.45, 2.75) is 65.7 Å². The molecule has 1 aliphatic heterocycles. The first-order valence-electron chi connectivity index (χ1n) is 11.9. The van der Waals surface area contributed by atoms with E-state index in [0.29, 0.717) is 24.6 Å². The largest absolute Gasteiger partial charge is 0.489 e. The summed E-state index contributed by atoms with van der Waals surface area (Å²) in [6, 6.07) is 11.6. The number of carbonyl (C=O) groups is 1. The first-order valence-corrected chi connectivity index (χ1v) is 11.9. The van der Waals surface area contributed by atoms with Crippen LogP contribution >= 0.6 is 0 Å². The summed E-state index contributed by atoms with van der Waals surface area (Å²) >= 11 is 0. The number of amides is 1. The van der Waals surface area contributed by atoms with Gasteiger partial charge in [-0.3, -0.25) is 4.79 Å². The second-order valence-electron chi connectivity index (χ2n) is 9.85. The van der Waals surface area contributed by atoms with Gasteiger partial charge in [-0.25, -0.2) is 15.0 Å². The Morgan fingerprint density at radius 3 is 2.40 bits per heavy atom. The van der Waals surface area contributed by atoms with Crippen LogP contribution < -0.4 is 19.7 Å². The number of anilines is 2. The number of carbonyl (C=O) groups excluding carboxylic acids is 1. The van der Waals surface area contributed by atoms with Gasteiger partial charge < -0.3 is 19.7 Å². The lowest BCUT2D eigenvalue weighted by atomic mass is 10.1. The van der Waals surface area contributed by atoms with Crippen molar-refractivity contribution in [2.24, 2.45) is 0 Å². The van der Waals surface area contributed by atoms with Crippen molar-refractivity contribution < 1.29 is 14.3 Å². The molecule has 0 saturated carbocycles. The van der Waals surface area contributed by atoms with E-state index in [2.05, 4.69) is 27.4 Å². The van der Waals surface area contributed by atoms with E-state index < -0.39 is 0 Å². The highest BCUT2D eigenvalue weighted by Crippen LogP contribution is 2.31. The molecule has 3 heterocycles. The van der Waals surface area contributed by atoms with Crippen LogP contribution in [0.1, 0.15) is 50.3 Å². The number of hydrogen-bond donors (Lipinski definition) is 1. The van der Waals surface area contributed by atoms with Crippen LogP contribution in [0.2, 0.25) is 0 Å². The minimum atomic E-state index is -0.274. The molecular weight excluding hydrogens is 442 g/mol. The Labute approximate surface area is 206 Å². The molecule has 0 spiro atoms. The van der Waals surface area contributed by atoms with Gasteiger partial charge >= 0.3 is 0 Å². The summed E-state index contributed by atoms with van der Waals surface area (Å²) < 4.78 is 11.7. The molecule has 4 rings (SSSR count). The number of nitrogens with one attached hydrogen (secondary N) is 1. The Morgan fingerprint density at radius 2 is 1.74 bits per heavy atom. The molecule has 0 fully saturated rings. The number of hydrogen-bond acceptors (Lipinski definition) is 7. The predicted molar refractivity (Wildman–Crippen MR) is 136 cm³/mol. The highest BCUT2D eigenvalue weighted by atomic mass is 16.5. The van der Waals surface area contributed by atoms with E-state index >= 15 is 0 Å². The molecule has 1 aromatic carbocycles. The molecule has 0 saturated heterocycles. The lowest BCUT2D eigenvalue weighted by molar-refractivity contribution is -0.117. The smallest absolute Gasteiger partial charge is 0.246 e. The van der Waals surface area contributed by atoms with E-state index in [4.69, 9.17) is 14.5 Å². The SMILES string of the molecule is Cc1nc(CCc2ccc(OCc3ccc(OC(C)(C)C)nc3)cc2)nc2c1NC(=O)[C@H](C)N2C. The molecule has 1 amide bonds. The quantitative estimate of drug-likeness (QED) is 0.538. The summed E-state index contributed by atoms with van der Waals surface area (Å²) in [5.41, 5.74) is 3.37. The Morgan fingerprint density at radius 1 is 1.03 bits per heavy atom. The number of pyridine rings is 1. The summed E-state index contributed by atoms with van der Waals surface area (Å²) in [4.78, 5) is 27.7. The van der Waals surface area contributed by atoms with E-state index in [-0.39, 0.29) is 17.6 Å². The molecule has 184 valence electrons. The first kappa shape index (κ1) is 24.4. The average Bonchev–Trinajstić information content (AvgIpc) is 2.81. The van der Waals surface area contributed by atoms with E-state index in [0.717, 1.165) is 35.1 Å². The molecule has 3 aromatic rings. The third kappa shape index (κ3) is 6.07. The van der Waals surface area contributed by atoms with Crippen molar-refractivity contribution >= 4 is 17.4 Å². The van der Waals surface area contributed by atoms with Crippen LogP contribution in [-0.4, -0.2) is 39.5 Å². The summed E-state index contributed by atoms with van der Waals surface area (Å²) in [6.07, 6.45) is 3.29. The van der Waals surface area contributed by atoms with Crippen LogP contribution in [0.5, 0.6) is 11.6 Å². The lowest BCUT2D eigenvalue weighted by Gasteiger charge is -2.32. The van der Waals surface area contributed by atoms with Gasteiger partial charge in [0.25, 0.3) is 0 Å². The van der Waals surface area contributed by atoms with Gasteiger partial charge in [0.15, 0.2) is 5.82 Å². The number of ether oxygens (including phenoxy) is 2. The van der Waals surface area contributed by atoms with Gasteiger partial charge in [0.2, 0.25) is 11.8 Å². The number of aryl methyl sites for hydroxylation is 3. The zero-order valence-electron chi connectivity index (χ0n) is 21.3. The van der Waals surface area contributed by atoms with Gasteiger partial charge in [-0.1, -0.05) is 12.1 Å². The zero-order valence-corrected chi connectivity index (χ0v) is 21.3. The number of rotatable bonds is 7. The van der Waals surface area contributed by atoms with E-state index in [1.807, 2.05) is 70.8 Å². The normalized spacial score (nSPS) is 15.4. The fraction of sp³-hybridized carbons (Fsp3) is 0.407. The van der Waals surface area contributed by atoms with Crippen LogP contribution in [0.4, 0.5) is 11.5 Å². The zero-order chi connectivity index (χ0) is 25.2. The van der Waals surface area contributed by atoms with Gasteiger partial charge in [0, 0.05) is 31.3 Å². The third-order valence-corrected chi connectivity index (χ3v) is 5.83. The van der Waals surface area contributed by atoms with E-state index in [1.54, 1.807) is 6.20 Å². The van der Waals surface area contributed by atoms with Gasteiger partial charge in [-0.15, -0.1) is 0 Å². The van der Waals surface area contributed by atoms with Crippen molar-refractivity contribution in [1.29, 1.82) is 0 Å². The lowest BCUT2D eigenvalue weighted by Crippen LogP contribution is -2.45. The maximum absolute atomic E-state index is 12.1. The molecular formula is C27H33N5O3. The fourth-order valence-corrected chi connectivity index (χ4v) is 3.76. The Kier molecular flexibility index (Phi) is 6.91. The molecule has 1 aliphatic rings. The van der Waals surface area contributed by atoms with Gasteiger partial charge in [-0.05, 0) is 64.8 Å². The van der Waals surface area contributed by atoms with Crippen LogP contribution in [0.3, 0.4) is 0 Å². The van der Waals surface area contributed by atoms with Crippen molar-refractivity contribution in [3.63, 3.8) is 0 Å². The molecule has 0 unspecified atom stereocenters. The van der Waals surface area contributed by atoms with Gasteiger partial charge in [-0.2, -0.15) is 0 Å². The highest BCUT2D eigenvalue weighted by molar-refractivity contribution is 6.02. The maximum atomic E-state index is 12.1. The van der Waals surface area contributed by atoms with E-state index in [9.17, 15) is 4.79 Å². The van der Waals surface area contributed by atoms with E-state index in [1.165, 1.54) is 5.56 Å². The second kappa shape index (κ2) is 9.90. The first-order chi connectivity index (χ1) is 16.6. The Balaban J connectivity index is 1.32. The molecule has 1 atom stereocenters. The van der Waals surface area contributed by atoms with Crippen molar-refractivity contribution in [1.82, 2.24) is 15.0 Å². The molecule has 8 heteroatoms.